The van der Waals surface area contributed by atoms with Crippen molar-refractivity contribution in [1.29, 1.82) is 0 Å². The van der Waals surface area contributed by atoms with Crippen LogP contribution in [0.15, 0.2) is 22.6 Å². The van der Waals surface area contributed by atoms with Gasteiger partial charge in [0.25, 0.3) is 5.91 Å². The molecule has 2 aliphatic rings. The lowest BCUT2D eigenvalue weighted by atomic mass is 10.1. The number of benzene rings is 1. The molecule has 2 fully saturated rings. The van der Waals surface area contributed by atoms with Gasteiger partial charge in [0.15, 0.2) is 15.6 Å². The molecule has 4 rings (SSSR count). The second kappa shape index (κ2) is 7.52. The molecular weight excluding hydrogens is 376 g/mol. The zero-order valence-corrected chi connectivity index (χ0v) is 17.4. The number of amides is 1. The molecule has 6 nitrogen and oxygen atoms in total. The van der Waals surface area contributed by atoms with Crippen molar-refractivity contribution in [3.05, 3.63) is 35.1 Å². The summed E-state index contributed by atoms with van der Waals surface area (Å²) < 4.78 is 29.4. The largest absolute Gasteiger partial charge is 0.451 e. The summed E-state index contributed by atoms with van der Waals surface area (Å²) in [6.07, 6.45) is 2.81. The Morgan fingerprint density at radius 3 is 2.61 bits per heavy atom. The molecule has 0 aliphatic carbocycles. The molecular formula is C21H28N2O4S. The maximum atomic E-state index is 13.0. The number of furan rings is 1. The number of piperazine rings is 1. The van der Waals surface area contributed by atoms with Crippen LogP contribution in [-0.4, -0.2) is 67.9 Å². The quantitative estimate of drug-likeness (QED) is 0.783. The van der Waals surface area contributed by atoms with Gasteiger partial charge in [-0.15, -0.1) is 0 Å². The fourth-order valence-electron chi connectivity index (χ4n) is 4.41. The van der Waals surface area contributed by atoms with Crippen LogP contribution in [-0.2, 0) is 16.3 Å². The summed E-state index contributed by atoms with van der Waals surface area (Å²) in [5.74, 6) is 0.906. The van der Waals surface area contributed by atoms with E-state index in [4.69, 9.17) is 4.42 Å². The summed E-state index contributed by atoms with van der Waals surface area (Å²) in [7, 11) is -2.88. The summed E-state index contributed by atoms with van der Waals surface area (Å²) in [5.41, 5.74) is 2.93. The van der Waals surface area contributed by atoms with E-state index in [1.165, 1.54) is 5.56 Å². The number of sulfone groups is 1. The molecule has 28 heavy (non-hydrogen) atoms. The van der Waals surface area contributed by atoms with Crippen LogP contribution in [0.5, 0.6) is 0 Å². The van der Waals surface area contributed by atoms with Crippen LogP contribution < -0.4 is 0 Å². The molecule has 0 saturated carbocycles. The molecule has 152 valence electrons. The number of fused-ring (bicyclic) bond motifs is 1. The van der Waals surface area contributed by atoms with Crippen molar-refractivity contribution in [3.8, 4) is 0 Å². The number of carbonyl (C=O) groups is 1. The lowest BCUT2D eigenvalue weighted by Crippen LogP contribution is -2.52. The van der Waals surface area contributed by atoms with Crippen molar-refractivity contribution < 1.29 is 17.6 Å². The Bertz CT molecular complexity index is 987. The fraction of sp³-hybridized carbons (Fsp3) is 0.571. The normalized spacial score (nSPS) is 22.8. The average Bonchev–Trinajstić information content (AvgIpc) is 3.21. The van der Waals surface area contributed by atoms with Gasteiger partial charge < -0.3 is 9.32 Å². The molecule has 0 spiro atoms. The predicted molar refractivity (Wildman–Crippen MR) is 109 cm³/mol. The van der Waals surface area contributed by atoms with Gasteiger partial charge in [-0.1, -0.05) is 19.4 Å². The first-order valence-corrected chi connectivity index (χ1v) is 12.0. The standard InChI is InChI=1S/C21H28N2O4S/c1-3-4-16-5-6-19-18(13-16)15(2)20(27-19)21(24)23-10-8-22(9-11-23)17-7-12-28(25,26)14-17/h5-6,13,17H,3-4,7-12,14H2,1-2H3/t17-/m1/s1. The minimum Gasteiger partial charge on any atom is -0.451 e. The number of hydrogen-bond donors (Lipinski definition) is 0. The summed E-state index contributed by atoms with van der Waals surface area (Å²) in [4.78, 5) is 17.1. The smallest absolute Gasteiger partial charge is 0.289 e. The number of aryl methyl sites for hydroxylation is 2. The number of rotatable bonds is 4. The molecule has 0 unspecified atom stereocenters. The van der Waals surface area contributed by atoms with Gasteiger partial charge in [-0.25, -0.2) is 8.42 Å². The highest BCUT2D eigenvalue weighted by molar-refractivity contribution is 7.91. The molecule has 7 heteroatoms. The minimum absolute atomic E-state index is 0.0653. The van der Waals surface area contributed by atoms with E-state index < -0.39 is 9.84 Å². The van der Waals surface area contributed by atoms with E-state index in [-0.39, 0.29) is 23.5 Å². The molecule has 1 amide bonds. The first-order chi connectivity index (χ1) is 13.4. The van der Waals surface area contributed by atoms with E-state index in [0.29, 0.717) is 38.4 Å². The molecule has 0 bridgehead atoms. The van der Waals surface area contributed by atoms with Crippen molar-refractivity contribution in [3.63, 3.8) is 0 Å². The van der Waals surface area contributed by atoms with E-state index in [9.17, 15) is 13.2 Å². The topological polar surface area (TPSA) is 70.8 Å². The van der Waals surface area contributed by atoms with Crippen LogP contribution in [0.4, 0.5) is 0 Å². The van der Waals surface area contributed by atoms with E-state index in [2.05, 4.69) is 24.0 Å². The van der Waals surface area contributed by atoms with Gasteiger partial charge >= 0.3 is 0 Å². The van der Waals surface area contributed by atoms with E-state index in [0.717, 1.165) is 29.4 Å². The van der Waals surface area contributed by atoms with Gasteiger partial charge in [-0.2, -0.15) is 0 Å². The molecule has 3 heterocycles. The summed E-state index contributed by atoms with van der Waals surface area (Å²) in [6, 6.07) is 6.26. The summed E-state index contributed by atoms with van der Waals surface area (Å²) >= 11 is 0. The van der Waals surface area contributed by atoms with Crippen molar-refractivity contribution >= 4 is 26.7 Å². The van der Waals surface area contributed by atoms with Crippen LogP contribution >= 0.6 is 0 Å². The van der Waals surface area contributed by atoms with Crippen LogP contribution in [0.25, 0.3) is 11.0 Å². The maximum absolute atomic E-state index is 13.0. The van der Waals surface area contributed by atoms with Crippen molar-refractivity contribution in [2.24, 2.45) is 0 Å². The van der Waals surface area contributed by atoms with Gasteiger partial charge in [0, 0.05) is 43.2 Å². The Morgan fingerprint density at radius 1 is 1.21 bits per heavy atom. The van der Waals surface area contributed by atoms with Crippen LogP contribution in [0.3, 0.4) is 0 Å². The van der Waals surface area contributed by atoms with Gasteiger partial charge in [0.2, 0.25) is 0 Å². The number of nitrogens with zero attached hydrogens (tertiary/aromatic N) is 2. The number of hydrogen-bond acceptors (Lipinski definition) is 5. The average molecular weight is 405 g/mol. The monoisotopic (exact) mass is 404 g/mol. The molecule has 1 aromatic carbocycles. The van der Waals surface area contributed by atoms with Crippen LogP contribution in [0.2, 0.25) is 0 Å². The zero-order valence-electron chi connectivity index (χ0n) is 16.6. The third kappa shape index (κ3) is 3.70. The summed E-state index contributed by atoms with van der Waals surface area (Å²) in [5, 5.41) is 1.02. The second-order valence-electron chi connectivity index (χ2n) is 8.02. The van der Waals surface area contributed by atoms with Crippen molar-refractivity contribution in [2.45, 2.75) is 39.2 Å². The van der Waals surface area contributed by atoms with E-state index >= 15 is 0 Å². The highest BCUT2D eigenvalue weighted by Crippen LogP contribution is 2.28. The highest BCUT2D eigenvalue weighted by Gasteiger charge is 2.35. The first kappa shape index (κ1) is 19.5. The fourth-order valence-corrected chi connectivity index (χ4v) is 6.17. The third-order valence-electron chi connectivity index (χ3n) is 6.06. The Balaban J connectivity index is 1.46. The van der Waals surface area contributed by atoms with Gasteiger partial charge in [-0.05, 0) is 37.5 Å². The van der Waals surface area contributed by atoms with E-state index in [1.54, 1.807) is 0 Å². The Kier molecular flexibility index (Phi) is 5.22. The zero-order chi connectivity index (χ0) is 19.9. The molecule has 0 N–H and O–H groups in total. The van der Waals surface area contributed by atoms with Gasteiger partial charge in [0.1, 0.15) is 5.58 Å². The second-order valence-corrected chi connectivity index (χ2v) is 10.3. The molecule has 2 saturated heterocycles. The van der Waals surface area contributed by atoms with Gasteiger partial charge in [-0.3, -0.25) is 9.69 Å². The molecule has 2 aromatic rings. The first-order valence-electron chi connectivity index (χ1n) is 10.1. The number of carbonyl (C=O) groups excluding carboxylic acids is 1. The van der Waals surface area contributed by atoms with Crippen LogP contribution in [0, 0.1) is 6.92 Å². The van der Waals surface area contributed by atoms with Gasteiger partial charge in [0.05, 0.1) is 11.5 Å². The highest BCUT2D eigenvalue weighted by atomic mass is 32.2. The SMILES string of the molecule is CCCc1ccc2oc(C(=O)N3CCN([C@@H]4CCS(=O)(=O)C4)CC3)c(C)c2c1. The Hall–Kier alpha value is -1.86. The third-order valence-corrected chi connectivity index (χ3v) is 7.81. The van der Waals surface area contributed by atoms with Crippen LogP contribution in [0.1, 0.15) is 41.4 Å². The summed E-state index contributed by atoms with van der Waals surface area (Å²) in [6.45, 7) is 6.74. The minimum atomic E-state index is -2.88. The molecule has 0 radical (unpaired) electrons. The molecule has 2 aliphatic heterocycles. The van der Waals surface area contributed by atoms with Crippen molar-refractivity contribution in [2.75, 3.05) is 37.7 Å². The Morgan fingerprint density at radius 2 is 1.96 bits per heavy atom. The molecule has 1 aromatic heterocycles. The maximum Gasteiger partial charge on any atom is 0.289 e. The predicted octanol–water partition coefficient (Wildman–Crippen LogP) is 2.64. The lowest BCUT2D eigenvalue weighted by molar-refractivity contribution is 0.0560. The van der Waals surface area contributed by atoms with Crippen molar-refractivity contribution in [1.82, 2.24) is 9.80 Å². The molecule has 1 atom stereocenters. The van der Waals surface area contributed by atoms with E-state index in [1.807, 2.05) is 17.9 Å². The lowest BCUT2D eigenvalue weighted by Gasteiger charge is -2.37. The Labute approximate surface area is 166 Å².